The minimum atomic E-state index is -3.77. The van der Waals surface area contributed by atoms with Crippen molar-refractivity contribution in [2.75, 3.05) is 20.2 Å². The SMILES string of the molecule is CCOc1ccc(S(=O)(=O)N(C)CC(=O)NC2CC2)cc1Cl. The molecule has 1 N–H and O–H groups in total. The maximum Gasteiger partial charge on any atom is 0.243 e. The number of carbonyl (C=O) groups excluding carboxylic acids is 1. The van der Waals surface area contributed by atoms with E-state index in [1.54, 1.807) is 0 Å². The molecule has 22 heavy (non-hydrogen) atoms. The number of amides is 1. The minimum absolute atomic E-state index is 0.0303. The van der Waals surface area contributed by atoms with Gasteiger partial charge >= 0.3 is 0 Å². The van der Waals surface area contributed by atoms with Crippen molar-refractivity contribution in [2.45, 2.75) is 30.7 Å². The molecule has 1 saturated carbocycles. The summed E-state index contributed by atoms with van der Waals surface area (Å²) in [4.78, 5) is 11.8. The van der Waals surface area contributed by atoms with Crippen LogP contribution in [0.4, 0.5) is 0 Å². The monoisotopic (exact) mass is 346 g/mol. The summed E-state index contributed by atoms with van der Waals surface area (Å²) in [6, 6.07) is 4.46. The quantitative estimate of drug-likeness (QED) is 0.814. The first-order valence-corrected chi connectivity index (χ1v) is 8.84. The van der Waals surface area contributed by atoms with E-state index in [4.69, 9.17) is 16.3 Å². The second kappa shape index (κ2) is 6.85. The Morgan fingerprint density at radius 1 is 1.45 bits per heavy atom. The standard InChI is InChI=1S/C14H19ClN2O4S/c1-3-21-13-7-6-11(8-12(13)15)22(19,20)17(2)9-14(18)16-10-4-5-10/h6-8,10H,3-5,9H2,1-2H3,(H,16,18). The Labute approximate surface area is 135 Å². The lowest BCUT2D eigenvalue weighted by molar-refractivity contribution is -0.121. The van der Waals surface area contributed by atoms with Crippen LogP contribution in [0, 0.1) is 0 Å². The number of rotatable bonds is 7. The van der Waals surface area contributed by atoms with Crippen molar-refractivity contribution < 1.29 is 17.9 Å². The molecule has 0 bridgehead atoms. The number of benzene rings is 1. The topological polar surface area (TPSA) is 75.7 Å². The average molecular weight is 347 g/mol. The molecule has 0 heterocycles. The third-order valence-corrected chi connectivity index (χ3v) is 5.31. The van der Waals surface area contributed by atoms with Crippen molar-refractivity contribution in [1.29, 1.82) is 0 Å². The normalized spacial score (nSPS) is 14.9. The predicted octanol–water partition coefficient (Wildman–Crippen LogP) is 1.64. The second-order valence-corrected chi connectivity index (χ2v) is 7.58. The molecule has 6 nitrogen and oxygen atoms in total. The third-order valence-electron chi connectivity index (χ3n) is 3.22. The summed E-state index contributed by atoms with van der Waals surface area (Å²) >= 11 is 6.01. The van der Waals surface area contributed by atoms with Crippen molar-refractivity contribution in [1.82, 2.24) is 9.62 Å². The first-order valence-electron chi connectivity index (χ1n) is 7.02. The molecule has 1 fully saturated rings. The molecule has 1 aromatic rings. The molecule has 2 rings (SSSR count). The fourth-order valence-electron chi connectivity index (χ4n) is 1.88. The van der Waals surface area contributed by atoms with Gasteiger partial charge in [0.15, 0.2) is 0 Å². The average Bonchev–Trinajstić information content (AvgIpc) is 3.24. The highest BCUT2D eigenvalue weighted by atomic mass is 35.5. The third kappa shape index (κ3) is 4.12. The highest BCUT2D eigenvalue weighted by Crippen LogP contribution is 2.28. The van der Waals surface area contributed by atoms with Gasteiger partial charge in [-0.2, -0.15) is 4.31 Å². The first-order chi connectivity index (χ1) is 10.3. The number of likely N-dealkylation sites (N-methyl/N-ethyl adjacent to an activating group) is 1. The lowest BCUT2D eigenvalue weighted by Gasteiger charge is -2.17. The van der Waals surface area contributed by atoms with Crippen molar-refractivity contribution >= 4 is 27.5 Å². The van der Waals surface area contributed by atoms with Gasteiger partial charge in [-0.15, -0.1) is 0 Å². The fraction of sp³-hybridized carbons (Fsp3) is 0.500. The summed E-state index contributed by atoms with van der Waals surface area (Å²) in [7, 11) is -2.40. The van der Waals surface area contributed by atoms with Gasteiger partial charge in [0.1, 0.15) is 5.75 Å². The second-order valence-electron chi connectivity index (χ2n) is 5.13. The van der Waals surface area contributed by atoms with Crippen LogP contribution in [0.3, 0.4) is 0 Å². The molecule has 1 amide bonds. The summed E-state index contributed by atoms with van der Waals surface area (Å²) in [6.45, 7) is 2.03. The molecule has 1 aliphatic rings. The van der Waals surface area contributed by atoms with E-state index in [0.717, 1.165) is 17.1 Å². The number of carbonyl (C=O) groups is 1. The Hall–Kier alpha value is -1.31. The van der Waals surface area contributed by atoms with E-state index in [0.29, 0.717) is 12.4 Å². The molecule has 0 spiro atoms. The predicted molar refractivity (Wildman–Crippen MR) is 83.6 cm³/mol. The zero-order valence-corrected chi connectivity index (χ0v) is 14.1. The number of hydrogen-bond acceptors (Lipinski definition) is 4. The van der Waals surface area contributed by atoms with E-state index in [9.17, 15) is 13.2 Å². The van der Waals surface area contributed by atoms with Crippen LogP contribution in [0.2, 0.25) is 5.02 Å². The Balaban J connectivity index is 2.10. The van der Waals surface area contributed by atoms with Gasteiger partial charge in [-0.3, -0.25) is 4.79 Å². The summed E-state index contributed by atoms with van der Waals surface area (Å²) in [5.41, 5.74) is 0. The number of hydrogen-bond donors (Lipinski definition) is 1. The Morgan fingerprint density at radius 3 is 2.68 bits per heavy atom. The molecule has 0 radical (unpaired) electrons. The Bertz CT molecular complexity index is 659. The molecule has 1 aliphatic carbocycles. The van der Waals surface area contributed by atoms with Crippen LogP contribution in [0.5, 0.6) is 5.75 Å². The molecular weight excluding hydrogens is 328 g/mol. The fourth-order valence-corrected chi connectivity index (χ4v) is 3.34. The Kier molecular flexibility index (Phi) is 5.31. The number of sulfonamides is 1. The molecule has 0 atom stereocenters. The Morgan fingerprint density at radius 2 is 2.14 bits per heavy atom. The maximum absolute atomic E-state index is 12.4. The molecule has 0 aliphatic heterocycles. The molecule has 0 unspecified atom stereocenters. The van der Waals surface area contributed by atoms with E-state index in [1.807, 2.05) is 6.92 Å². The van der Waals surface area contributed by atoms with Gasteiger partial charge in [0.25, 0.3) is 0 Å². The summed E-state index contributed by atoms with van der Waals surface area (Å²) in [6.07, 6.45) is 1.91. The molecule has 0 saturated heterocycles. The summed E-state index contributed by atoms with van der Waals surface area (Å²) in [5.74, 6) is 0.128. The van der Waals surface area contributed by atoms with Crippen molar-refractivity contribution in [3.05, 3.63) is 23.2 Å². The van der Waals surface area contributed by atoms with Crippen LogP contribution in [-0.4, -0.2) is 44.9 Å². The summed E-state index contributed by atoms with van der Waals surface area (Å²) in [5, 5.41) is 2.98. The van der Waals surface area contributed by atoms with Gasteiger partial charge in [-0.05, 0) is 38.0 Å². The van der Waals surface area contributed by atoms with E-state index >= 15 is 0 Å². The largest absolute Gasteiger partial charge is 0.492 e. The first kappa shape index (κ1) is 17.1. The van der Waals surface area contributed by atoms with Crippen LogP contribution in [0.25, 0.3) is 0 Å². The van der Waals surface area contributed by atoms with Gasteiger partial charge < -0.3 is 10.1 Å². The van der Waals surface area contributed by atoms with E-state index in [2.05, 4.69) is 5.32 Å². The highest BCUT2D eigenvalue weighted by molar-refractivity contribution is 7.89. The lowest BCUT2D eigenvalue weighted by Crippen LogP contribution is -2.39. The van der Waals surface area contributed by atoms with Gasteiger partial charge in [0.2, 0.25) is 15.9 Å². The smallest absolute Gasteiger partial charge is 0.243 e. The van der Waals surface area contributed by atoms with Gasteiger partial charge in [-0.25, -0.2) is 8.42 Å². The van der Waals surface area contributed by atoms with Crippen LogP contribution >= 0.6 is 11.6 Å². The van der Waals surface area contributed by atoms with Crippen molar-refractivity contribution in [3.63, 3.8) is 0 Å². The number of ether oxygens (including phenoxy) is 1. The van der Waals surface area contributed by atoms with E-state index < -0.39 is 10.0 Å². The maximum atomic E-state index is 12.4. The molecule has 122 valence electrons. The lowest BCUT2D eigenvalue weighted by atomic mass is 10.3. The zero-order chi connectivity index (χ0) is 16.3. The molecule has 1 aromatic carbocycles. The van der Waals surface area contributed by atoms with Crippen LogP contribution < -0.4 is 10.1 Å². The number of halogens is 1. The van der Waals surface area contributed by atoms with E-state index in [1.165, 1.54) is 25.2 Å². The van der Waals surface area contributed by atoms with Crippen molar-refractivity contribution in [3.8, 4) is 5.75 Å². The highest BCUT2D eigenvalue weighted by Gasteiger charge is 2.27. The zero-order valence-electron chi connectivity index (χ0n) is 12.5. The number of nitrogens with one attached hydrogen (secondary N) is 1. The van der Waals surface area contributed by atoms with Crippen LogP contribution in [0.1, 0.15) is 19.8 Å². The summed E-state index contributed by atoms with van der Waals surface area (Å²) < 4.78 is 31.2. The van der Waals surface area contributed by atoms with Gasteiger partial charge in [0, 0.05) is 13.1 Å². The molecule has 0 aromatic heterocycles. The van der Waals surface area contributed by atoms with Gasteiger partial charge in [0.05, 0.1) is 23.1 Å². The minimum Gasteiger partial charge on any atom is -0.492 e. The van der Waals surface area contributed by atoms with Crippen LogP contribution in [0.15, 0.2) is 23.1 Å². The number of nitrogens with zero attached hydrogens (tertiary/aromatic N) is 1. The van der Waals surface area contributed by atoms with E-state index in [-0.39, 0.29) is 28.4 Å². The van der Waals surface area contributed by atoms with Crippen LogP contribution in [-0.2, 0) is 14.8 Å². The molecule has 8 heteroatoms. The van der Waals surface area contributed by atoms with Gasteiger partial charge in [-0.1, -0.05) is 11.6 Å². The van der Waals surface area contributed by atoms with Crippen molar-refractivity contribution in [2.24, 2.45) is 0 Å². The molecular formula is C14H19ClN2O4S.